The Hall–Kier alpha value is -2.16. The fraction of sp³-hybridized carbons (Fsp3) is 0.417. The van der Waals surface area contributed by atoms with Gasteiger partial charge in [0.1, 0.15) is 24.4 Å². The third-order valence-corrected chi connectivity index (χ3v) is 4.28. The number of nitrogens with zero attached hydrogens (tertiary/aromatic N) is 2. The Kier molecular flexibility index (Phi) is 7.35. The van der Waals surface area contributed by atoms with Crippen LogP contribution >= 0.6 is 0 Å². The van der Waals surface area contributed by atoms with E-state index in [-0.39, 0.29) is 10.6 Å². The van der Waals surface area contributed by atoms with Gasteiger partial charge in [0.15, 0.2) is 0 Å². The summed E-state index contributed by atoms with van der Waals surface area (Å²) in [6, 6.07) is 3.90. The van der Waals surface area contributed by atoms with E-state index in [0.717, 1.165) is 24.3 Å². The van der Waals surface area contributed by atoms with E-state index in [1.54, 1.807) is 4.83 Å². The summed E-state index contributed by atoms with van der Waals surface area (Å²) < 4.78 is 23.8. The van der Waals surface area contributed by atoms with Crippen LogP contribution in [0.4, 0.5) is 5.69 Å². The fourth-order valence-electron chi connectivity index (χ4n) is 1.60. The number of aliphatic hydroxyl groups excluding tert-OH is 5. The molecule has 140 valence electrons. The summed E-state index contributed by atoms with van der Waals surface area (Å²) in [6.07, 6.45) is -6.83. The van der Waals surface area contributed by atoms with Crippen LogP contribution in [0.3, 0.4) is 0 Å². The number of benzene rings is 1. The molecular weight excluding hydrogens is 362 g/mol. The number of sulfonamides is 1. The van der Waals surface area contributed by atoms with Crippen LogP contribution in [0, 0.1) is 10.1 Å². The molecule has 1 aromatic rings. The first kappa shape index (κ1) is 20.9. The Bertz CT molecular complexity index is 707. The summed E-state index contributed by atoms with van der Waals surface area (Å²) in [4.78, 5) is 11.2. The van der Waals surface area contributed by atoms with E-state index < -0.39 is 46.0 Å². The Balaban J connectivity index is 2.74. The standard InChI is InChI=1S/C12H17N3O9S/c16-6-10(18)12(20)11(19)9(17)5-13-14-25(23,24)8-3-1-7(2-4-8)15(21)22/h1-5,9-12,14,16-20H,6H2/b13-5-/t9-,10+,11+,12+/m0/s1. The molecule has 1 rings (SSSR count). The molecule has 0 saturated heterocycles. The minimum atomic E-state index is -4.18. The quantitative estimate of drug-likeness (QED) is 0.150. The van der Waals surface area contributed by atoms with E-state index in [4.69, 9.17) is 10.2 Å². The second-order valence-corrected chi connectivity index (χ2v) is 6.51. The van der Waals surface area contributed by atoms with Crippen molar-refractivity contribution in [2.24, 2.45) is 5.10 Å². The number of nitrogens with one attached hydrogen (secondary N) is 1. The van der Waals surface area contributed by atoms with Crippen LogP contribution in [-0.4, -0.2) is 76.1 Å². The Labute approximate surface area is 141 Å². The van der Waals surface area contributed by atoms with Gasteiger partial charge in [-0.05, 0) is 12.1 Å². The minimum Gasteiger partial charge on any atom is -0.394 e. The highest BCUT2D eigenvalue weighted by atomic mass is 32.2. The maximum absolute atomic E-state index is 11.9. The number of nitro groups is 1. The smallest absolute Gasteiger partial charge is 0.276 e. The SMILES string of the molecule is O=[N+]([O-])c1ccc(S(=O)(=O)N/N=C\[C@H](O)[C@@H](O)[C@H](O)[C@H](O)CO)cc1. The molecule has 0 spiro atoms. The van der Waals surface area contributed by atoms with E-state index >= 15 is 0 Å². The normalized spacial score (nSPS) is 17.0. The molecule has 0 saturated carbocycles. The summed E-state index contributed by atoms with van der Waals surface area (Å²) >= 11 is 0. The van der Waals surface area contributed by atoms with Crippen molar-refractivity contribution >= 4 is 21.9 Å². The van der Waals surface area contributed by atoms with Gasteiger partial charge in [0.2, 0.25) is 0 Å². The van der Waals surface area contributed by atoms with Crippen LogP contribution in [0.25, 0.3) is 0 Å². The topological polar surface area (TPSA) is 203 Å². The summed E-state index contributed by atoms with van der Waals surface area (Å²) in [5.41, 5.74) is -0.308. The molecule has 0 radical (unpaired) electrons. The van der Waals surface area contributed by atoms with Gasteiger partial charge < -0.3 is 25.5 Å². The minimum absolute atomic E-state index is 0.308. The zero-order chi connectivity index (χ0) is 19.2. The van der Waals surface area contributed by atoms with Gasteiger partial charge >= 0.3 is 0 Å². The van der Waals surface area contributed by atoms with Crippen molar-refractivity contribution in [3.8, 4) is 0 Å². The average molecular weight is 379 g/mol. The highest BCUT2D eigenvalue weighted by molar-refractivity contribution is 7.89. The number of hydrogen-bond acceptors (Lipinski definition) is 10. The van der Waals surface area contributed by atoms with E-state index in [0.29, 0.717) is 6.21 Å². The summed E-state index contributed by atoms with van der Waals surface area (Å²) in [5, 5.41) is 59.9. The molecule has 0 aliphatic rings. The van der Waals surface area contributed by atoms with Gasteiger partial charge in [0.25, 0.3) is 15.7 Å². The van der Waals surface area contributed by atoms with Crippen LogP contribution < -0.4 is 4.83 Å². The highest BCUT2D eigenvalue weighted by Gasteiger charge is 2.29. The zero-order valence-corrected chi connectivity index (χ0v) is 13.4. The lowest BCUT2D eigenvalue weighted by Crippen LogP contribution is -2.46. The maximum atomic E-state index is 11.9. The third-order valence-electron chi connectivity index (χ3n) is 3.04. The molecule has 0 fully saturated rings. The van der Waals surface area contributed by atoms with E-state index in [2.05, 4.69) is 5.10 Å². The van der Waals surface area contributed by atoms with Crippen LogP contribution in [0.15, 0.2) is 34.3 Å². The van der Waals surface area contributed by atoms with Crippen molar-refractivity contribution in [3.63, 3.8) is 0 Å². The molecular formula is C12H17N3O9S. The maximum Gasteiger partial charge on any atom is 0.276 e. The van der Waals surface area contributed by atoms with E-state index in [1.165, 1.54) is 0 Å². The van der Waals surface area contributed by atoms with Crippen molar-refractivity contribution in [2.75, 3.05) is 6.61 Å². The number of rotatable bonds is 9. The predicted octanol–water partition coefficient (Wildman–Crippen LogP) is -2.71. The monoisotopic (exact) mass is 379 g/mol. The van der Waals surface area contributed by atoms with Crippen molar-refractivity contribution in [2.45, 2.75) is 29.3 Å². The molecule has 12 nitrogen and oxygen atoms in total. The first-order valence-electron chi connectivity index (χ1n) is 6.72. The zero-order valence-electron chi connectivity index (χ0n) is 12.6. The molecule has 4 atom stereocenters. The molecule has 0 amide bonds. The van der Waals surface area contributed by atoms with Gasteiger partial charge in [-0.2, -0.15) is 13.5 Å². The first-order valence-corrected chi connectivity index (χ1v) is 8.21. The van der Waals surface area contributed by atoms with E-state index in [9.17, 15) is 33.9 Å². The van der Waals surface area contributed by atoms with Crippen molar-refractivity contribution in [1.29, 1.82) is 0 Å². The van der Waals surface area contributed by atoms with Gasteiger partial charge in [-0.15, -0.1) is 0 Å². The summed E-state index contributed by atoms with van der Waals surface area (Å²) in [7, 11) is -4.18. The molecule has 0 aromatic heterocycles. The third kappa shape index (κ3) is 5.70. The van der Waals surface area contributed by atoms with Gasteiger partial charge in [0, 0.05) is 12.1 Å². The van der Waals surface area contributed by atoms with Crippen molar-refractivity contribution in [1.82, 2.24) is 4.83 Å². The average Bonchev–Trinajstić information content (AvgIpc) is 2.59. The lowest BCUT2D eigenvalue weighted by molar-refractivity contribution is -0.384. The largest absolute Gasteiger partial charge is 0.394 e. The fourth-order valence-corrected chi connectivity index (χ4v) is 2.40. The lowest BCUT2D eigenvalue weighted by Gasteiger charge is -2.23. The lowest BCUT2D eigenvalue weighted by atomic mass is 10.0. The summed E-state index contributed by atoms with van der Waals surface area (Å²) in [5.74, 6) is 0. The number of hydrogen-bond donors (Lipinski definition) is 6. The van der Waals surface area contributed by atoms with Crippen molar-refractivity contribution in [3.05, 3.63) is 34.4 Å². The van der Waals surface area contributed by atoms with Gasteiger partial charge in [-0.1, -0.05) is 0 Å². The molecule has 0 heterocycles. The molecule has 13 heteroatoms. The number of nitro benzene ring substituents is 1. The van der Waals surface area contributed by atoms with E-state index in [1.807, 2.05) is 0 Å². The Morgan fingerprint density at radius 3 is 2.20 bits per heavy atom. The number of non-ortho nitro benzene ring substituents is 1. The van der Waals surface area contributed by atoms with Crippen molar-refractivity contribution < 1.29 is 38.9 Å². The first-order chi connectivity index (χ1) is 11.6. The number of aliphatic hydroxyl groups is 5. The molecule has 1 aromatic carbocycles. The highest BCUT2D eigenvalue weighted by Crippen LogP contribution is 2.15. The summed E-state index contributed by atoms with van der Waals surface area (Å²) in [6.45, 7) is -0.866. The van der Waals surface area contributed by atoms with Crippen LogP contribution in [0.2, 0.25) is 0 Å². The molecule has 25 heavy (non-hydrogen) atoms. The van der Waals surface area contributed by atoms with Crippen LogP contribution in [-0.2, 0) is 10.0 Å². The van der Waals surface area contributed by atoms with Crippen LogP contribution in [0.5, 0.6) is 0 Å². The molecule has 0 aliphatic heterocycles. The Morgan fingerprint density at radius 1 is 1.16 bits per heavy atom. The van der Waals surface area contributed by atoms with Gasteiger partial charge in [-0.25, -0.2) is 4.83 Å². The molecule has 6 N–H and O–H groups in total. The molecule has 0 bridgehead atoms. The predicted molar refractivity (Wildman–Crippen MR) is 83.0 cm³/mol. The van der Waals surface area contributed by atoms with Gasteiger partial charge in [-0.3, -0.25) is 10.1 Å². The van der Waals surface area contributed by atoms with Gasteiger partial charge in [0.05, 0.1) is 22.6 Å². The molecule has 0 aliphatic carbocycles. The number of hydrazone groups is 1. The second kappa shape index (κ2) is 8.80. The van der Waals surface area contributed by atoms with Crippen LogP contribution in [0.1, 0.15) is 0 Å². The Morgan fingerprint density at radius 2 is 1.72 bits per heavy atom. The molecule has 0 unspecified atom stereocenters. The second-order valence-electron chi connectivity index (χ2n) is 4.85.